The van der Waals surface area contributed by atoms with E-state index in [1.807, 2.05) is 0 Å². The fraction of sp³-hybridized carbons (Fsp3) is 0.556. The number of nitrogens with zero attached hydrogens (tertiary/aromatic N) is 3. The number of aryl methyl sites for hydroxylation is 2. The van der Waals surface area contributed by atoms with Gasteiger partial charge >= 0.3 is 11.7 Å². The molecule has 1 rings (SSSR count). The molecule has 0 spiro atoms. The summed E-state index contributed by atoms with van der Waals surface area (Å²) in [5, 5.41) is 26.1. The summed E-state index contributed by atoms with van der Waals surface area (Å²) in [6, 6.07) is 0. The number of aliphatic carboxylic acids is 1. The lowest BCUT2D eigenvalue weighted by Crippen LogP contribution is -2.09. The monoisotopic (exact) mass is 242 g/mol. The minimum absolute atomic E-state index is 0.0254. The third-order valence-electron chi connectivity index (χ3n) is 2.23. The summed E-state index contributed by atoms with van der Waals surface area (Å²) in [5.41, 5.74) is 0.265. The Morgan fingerprint density at radius 1 is 1.65 bits per heavy atom. The summed E-state index contributed by atoms with van der Waals surface area (Å²) >= 11 is 0. The van der Waals surface area contributed by atoms with Crippen molar-refractivity contribution in [3.8, 4) is 0 Å². The first-order valence-electron chi connectivity index (χ1n) is 5.07. The number of rotatable bonds is 6. The van der Waals surface area contributed by atoms with Gasteiger partial charge in [0.2, 0.25) is 5.82 Å². The van der Waals surface area contributed by atoms with Gasteiger partial charge in [0.1, 0.15) is 5.69 Å². The molecule has 0 amide bonds. The molecule has 0 aliphatic rings. The minimum atomic E-state index is -0.887. The standard InChI is InChI=1S/C9H14N4O4/c1-6-8(13(16)17)9(12(2)11-6)10-5-3-4-7(14)15/h10H,3-5H2,1-2H3,(H,14,15). The van der Waals surface area contributed by atoms with Crippen molar-refractivity contribution in [3.63, 3.8) is 0 Å². The van der Waals surface area contributed by atoms with Gasteiger partial charge in [-0.15, -0.1) is 0 Å². The molecule has 1 aromatic rings. The molecular weight excluding hydrogens is 228 g/mol. The largest absolute Gasteiger partial charge is 0.481 e. The molecule has 1 aromatic heterocycles. The Bertz CT molecular complexity index is 440. The third kappa shape index (κ3) is 3.16. The molecule has 8 heteroatoms. The summed E-state index contributed by atoms with van der Waals surface area (Å²) in [5.74, 6) is -0.583. The van der Waals surface area contributed by atoms with E-state index in [-0.39, 0.29) is 12.1 Å². The van der Waals surface area contributed by atoms with Gasteiger partial charge in [0.05, 0.1) is 4.92 Å². The van der Waals surface area contributed by atoms with Crippen LogP contribution < -0.4 is 5.32 Å². The fourth-order valence-electron chi connectivity index (χ4n) is 1.51. The molecule has 0 saturated carbocycles. The summed E-state index contributed by atoms with van der Waals surface area (Å²) < 4.78 is 1.38. The molecule has 0 fully saturated rings. The highest BCUT2D eigenvalue weighted by Crippen LogP contribution is 2.26. The van der Waals surface area contributed by atoms with Gasteiger partial charge in [-0.1, -0.05) is 0 Å². The number of nitrogens with one attached hydrogen (secondary N) is 1. The van der Waals surface area contributed by atoms with Crippen molar-refractivity contribution in [2.24, 2.45) is 7.05 Å². The lowest BCUT2D eigenvalue weighted by Gasteiger charge is -2.04. The number of carbonyl (C=O) groups is 1. The first-order chi connectivity index (χ1) is 7.93. The van der Waals surface area contributed by atoms with Crippen molar-refractivity contribution in [1.82, 2.24) is 9.78 Å². The van der Waals surface area contributed by atoms with Gasteiger partial charge in [0, 0.05) is 20.0 Å². The zero-order chi connectivity index (χ0) is 13.0. The molecule has 0 unspecified atom stereocenters. The van der Waals surface area contributed by atoms with E-state index in [2.05, 4.69) is 10.4 Å². The third-order valence-corrected chi connectivity index (χ3v) is 2.23. The molecule has 0 bridgehead atoms. The molecule has 8 nitrogen and oxygen atoms in total. The minimum Gasteiger partial charge on any atom is -0.481 e. The SMILES string of the molecule is Cc1nn(C)c(NCCCC(=O)O)c1[N+](=O)[O-]. The van der Waals surface area contributed by atoms with Crippen LogP contribution in [0.5, 0.6) is 0 Å². The van der Waals surface area contributed by atoms with Gasteiger partial charge in [0.15, 0.2) is 0 Å². The van der Waals surface area contributed by atoms with E-state index in [9.17, 15) is 14.9 Å². The van der Waals surface area contributed by atoms with Crippen molar-refractivity contribution in [3.05, 3.63) is 15.8 Å². The van der Waals surface area contributed by atoms with E-state index >= 15 is 0 Å². The zero-order valence-corrected chi connectivity index (χ0v) is 9.63. The van der Waals surface area contributed by atoms with Crippen LogP contribution in [-0.4, -0.2) is 32.3 Å². The van der Waals surface area contributed by atoms with Crippen molar-refractivity contribution in [1.29, 1.82) is 0 Å². The summed E-state index contributed by atoms with van der Waals surface area (Å²) in [6.07, 6.45) is 0.425. The van der Waals surface area contributed by atoms with Crippen LogP contribution in [0.4, 0.5) is 11.5 Å². The van der Waals surface area contributed by atoms with Gasteiger partial charge in [0.25, 0.3) is 0 Å². The Balaban J connectivity index is 2.70. The Hall–Kier alpha value is -2.12. The van der Waals surface area contributed by atoms with Crippen LogP contribution in [0, 0.1) is 17.0 Å². The van der Waals surface area contributed by atoms with E-state index in [0.29, 0.717) is 24.5 Å². The van der Waals surface area contributed by atoms with Gasteiger partial charge in [-0.3, -0.25) is 14.9 Å². The van der Waals surface area contributed by atoms with Crippen LogP contribution >= 0.6 is 0 Å². The summed E-state index contributed by atoms with van der Waals surface area (Å²) in [6.45, 7) is 1.91. The first-order valence-corrected chi connectivity index (χ1v) is 5.07. The highest BCUT2D eigenvalue weighted by molar-refractivity contribution is 5.66. The molecule has 0 aliphatic carbocycles. The van der Waals surface area contributed by atoms with E-state index in [4.69, 9.17) is 5.11 Å². The Morgan fingerprint density at radius 2 is 2.29 bits per heavy atom. The number of hydrogen-bond donors (Lipinski definition) is 2. The highest BCUT2D eigenvalue weighted by Gasteiger charge is 2.23. The highest BCUT2D eigenvalue weighted by atomic mass is 16.6. The Morgan fingerprint density at radius 3 is 2.82 bits per heavy atom. The van der Waals surface area contributed by atoms with E-state index in [0.717, 1.165) is 0 Å². The lowest BCUT2D eigenvalue weighted by molar-refractivity contribution is -0.384. The second-order valence-electron chi connectivity index (χ2n) is 3.59. The molecule has 2 N–H and O–H groups in total. The molecule has 0 aromatic carbocycles. The molecule has 17 heavy (non-hydrogen) atoms. The van der Waals surface area contributed by atoms with Crippen LogP contribution in [0.15, 0.2) is 0 Å². The van der Waals surface area contributed by atoms with Crippen molar-refractivity contribution < 1.29 is 14.8 Å². The van der Waals surface area contributed by atoms with Crippen molar-refractivity contribution in [2.45, 2.75) is 19.8 Å². The zero-order valence-electron chi connectivity index (χ0n) is 9.63. The quantitative estimate of drug-likeness (QED) is 0.436. The van der Waals surface area contributed by atoms with Gasteiger partial charge < -0.3 is 10.4 Å². The number of anilines is 1. The predicted octanol–water partition coefficient (Wildman–Crippen LogP) is 0.913. The van der Waals surface area contributed by atoms with Crippen LogP contribution in [0.1, 0.15) is 18.5 Å². The normalized spacial score (nSPS) is 10.2. The number of hydrogen-bond acceptors (Lipinski definition) is 5. The molecular formula is C9H14N4O4. The van der Waals surface area contributed by atoms with Crippen LogP contribution in [-0.2, 0) is 11.8 Å². The fourth-order valence-corrected chi connectivity index (χ4v) is 1.51. The second kappa shape index (κ2) is 5.28. The van der Waals surface area contributed by atoms with Gasteiger partial charge in [-0.2, -0.15) is 5.10 Å². The number of carboxylic acid groups (broad SMARTS) is 1. The number of carboxylic acids is 1. The maximum atomic E-state index is 10.8. The summed E-state index contributed by atoms with van der Waals surface area (Å²) in [4.78, 5) is 20.6. The Labute approximate surface area is 97.4 Å². The van der Waals surface area contributed by atoms with E-state index in [1.54, 1.807) is 14.0 Å². The summed E-state index contributed by atoms with van der Waals surface area (Å²) in [7, 11) is 1.60. The first kappa shape index (κ1) is 12.9. The molecule has 94 valence electrons. The van der Waals surface area contributed by atoms with Crippen molar-refractivity contribution in [2.75, 3.05) is 11.9 Å². The number of aromatic nitrogens is 2. The van der Waals surface area contributed by atoms with Crippen LogP contribution in [0.2, 0.25) is 0 Å². The van der Waals surface area contributed by atoms with E-state index < -0.39 is 10.9 Å². The maximum Gasteiger partial charge on any atom is 0.333 e. The molecule has 0 atom stereocenters. The second-order valence-corrected chi connectivity index (χ2v) is 3.59. The average molecular weight is 242 g/mol. The van der Waals surface area contributed by atoms with Gasteiger partial charge in [-0.05, 0) is 13.3 Å². The van der Waals surface area contributed by atoms with Gasteiger partial charge in [-0.25, -0.2) is 4.68 Å². The molecule has 0 radical (unpaired) electrons. The average Bonchev–Trinajstić information content (AvgIpc) is 2.48. The lowest BCUT2D eigenvalue weighted by atomic mass is 10.3. The Kier molecular flexibility index (Phi) is 4.02. The molecule has 0 aliphatic heterocycles. The van der Waals surface area contributed by atoms with Crippen LogP contribution in [0.3, 0.4) is 0 Å². The topological polar surface area (TPSA) is 110 Å². The van der Waals surface area contributed by atoms with Crippen molar-refractivity contribution >= 4 is 17.5 Å². The maximum absolute atomic E-state index is 10.8. The van der Waals surface area contributed by atoms with Crippen LogP contribution in [0.25, 0.3) is 0 Å². The van der Waals surface area contributed by atoms with E-state index in [1.165, 1.54) is 4.68 Å². The number of nitro groups is 1. The predicted molar refractivity (Wildman–Crippen MR) is 60.0 cm³/mol. The molecule has 0 saturated heterocycles. The molecule has 1 heterocycles. The smallest absolute Gasteiger partial charge is 0.333 e.